The van der Waals surface area contributed by atoms with Crippen LogP contribution in [0.25, 0.3) is 0 Å². The lowest BCUT2D eigenvalue weighted by Gasteiger charge is -2.30. The molecular weight excluding hydrogens is 383 g/mol. The van der Waals surface area contributed by atoms with Crippen molar-refractivity contribution in [3.05, 3.63) is 71.8 Å². The van der Waals surface area contributed by atoms with E-state index in [1.165, 1.54) is 0 Å². The van der Waals surface area contributed by atoms with Crippen molar-refractivity contribution in [3.8, 4) is 0 Å². The highest BCUT2D eigenvalue weighted by atomic mass is 19.4. The van der Waals surface area contributed by atoms with Crippen LogP contribution in [0.2, 0.25) is 0 Å². The second-order valence-corrected chi connectivity index (χ2v) is 6.95. The molecule has 0 aromatic heterocycles. The predicted octanol–water partition coefficient (Wildman–Crippen LogP) is 3.71. The maximum absolute atomic E-state index is 13.5. The quantitative estimate of drug-likeness (QED) is 0.715. The Labute approximate surface area is 167 Å². The highest BCUT2D eigenvalue weighted by Gasteiger charge is 2.54. The Balaban J connectivity index is 1.99. The SMILES string of the molecule is CCCN(CN1C(=O)NC(c2ccccc2)(c2ccccc2)C1=O)CC(F)(F)F. The van der Waals surface area contributed by atoms with E-state index in [1.54, 1.807) is 67.6 Å². The van der Waals surface area contributed by atoms with Crippen molar-refractivity contribution >= 4 is 11.9 Å². The molecule has 1 N–H and O–H groups in total. The van der Waals surface area contributed by atoms with Crippen molar-refractivity contribution in [2.24, 2.45) is 0 Å². The fourth-order valence-electron chi connectivity index (χ4n) is 3.61. The van der Waals surface area contributed by atoms with Gasteiger partial charge in [-0.3, -0.25) is 9.69 Å². The van der Waals surface area contributed by atoms with E-state index >= 15 is 0 Å². The van der Waals surface area contributed by atoms with Gasteiger partial charge in [-0.25, -0.2) is 9.69 Å². The lowest BCUT2D eigenvalue weighted by atomic mass is 9.83. The summed E-state index contributed by atoms with van der Waals surface area (Å²) in [6.07, 6.45) is -3.97. The number of nitrogens with one attached hydrogen (secondary N) is 1. The van der Waals surface area contributed by atoms with Gasteiger partial charge in [-0.15, -0.1) is 0 Å². The van der Waals surface area contributed by atoms with Gasteiger partial charge < -0.3 is 5.32 Å². The molecule has 154 valence electrons. The third-order valence-electron chi connectivity index (χ3n) is 4.80. The summed E-state index contributed by atoms with van der Waals surface area (Å²) in [6, 6.07) is 16.7. The Morgan fingerprint density at radius 2 is 1.48 bits per heavy atom. The average Bonchev–Trinajstić information content (AvgIpc) is 2.94. The second-order valence-electron chi connectivity index (χ2n) is 6.95. The molecule has 0 unspecified atom stereocenters. The molecule has 0 aliphatic carbocycles. The summed E-state index contributed by atoms with van der Waals surface area (Å²) in [5.41, 5.74) is -0.384. The molecule has 1 fully saturated rings. The maximum atomic E-state index is 13.5. The molecule has 2 aromatic rings. The lowest BCUT2D eigenvalue weighted by molar-refractivity contribution is -0.152. The topological polar surface area (TPSA) is 52.6 Å². The summed E-state index contributed by atoms with van der Waals surface area (Å²) in [5.74, 6) is -0.594. The number of alkyl halides is 3. The van der Waals surface area contributed by atoms with Gasteiger partial charge in [0.15, 0.2) is 5.54 Å². The zero-order valence-electron chi connectivity index (χ0n) is 15.9. The minimum absolute atomic E-state index is 0.111. The fourth-order valence-corrected chi connectivity index (χ4v) is 3.61. The van der Waals surface area contributed by atoms with E-state index in [4.69, 9.17) is 0 Å². The van der Waals surface area contributed by atoms with Gasteiger partial charge >= 0.3 is 12.2 Å². The van der Waals surface area contributed by atoms with E-state index in [0.717, 1.165) is 9.80 Å². The average molecular weight is 405 g/mol. The Kier molecular flexibility index (Phi) is 5.93. The van der Waals surface area contributed by atoms with Crippen LogP contribution in [-0.2, 0) is 10.3 Å². The molecule has 8 heteroatoms. The van der Waals surface area contributed by atoms with E-state index in [9.17, 15) is 22.8 Å². The second kappa shape index (κ2) is 8.24. The first kappa shape index (κ1) is 20.9. The number of hydrogen-bond donors (Lipinski definition) is 1. The Bertz CT molecular complexity index is 817. The summed E-state index contributed by atoms with van der Waals surface area (Å²) < 4.78 is 38.8. The van der Waals surface area contributed by atoms with Gasteiger partial charge in [0.2, 0.25) is 0 Å². The van der Waals surface area contributed by atoms with Crippen molar-refractivity contribution in [1.29, 1.82) is 0 Å². The van der Waals surface area contributed by atoms with Gasteiger partial charge in [-0.2, -0.15) is 13.2 Å². The van der Waals surface area contributed by atoms with Gasteiger partial charge in [0.25, 0.3) is 5.91 Å². The number of hydrogen-bond acceptors (Lipinski definition) is 3. The number of amides is 3. The van der Waals surface area contributed by atoms with Gasteiger partial charge in [-0.05, 0) is 24.1 Å². The van der Waals surface area contributed by atoms with Crippen molar-refractivity contribution < 1.29 is 22.8 Å². The van der Waals surface area contributed by atoms with Crippen molar-refractivity contribution in [2.45, 2.75) is 25.1 Å². The molecule has 1 aliphatic rings. The standard InChI is InChI=1S/C21H22F3N3O2/c1-2-13-26(14-20(22,23)24)15-27-18(28)21(25-19(27)29,16-9-5-3-6-10-16)17-11-7-4-8-12-17/h3-12H,2,13-15H2,1H3,(H,25,29). The van der Waals surface area contributed by atoms with E-state index in [-0.39, 0.29) is 6.54 Å². The Morgan fingerprint density at radius 1 is 0.966 bits per heavy atom. The van der Waals surface area contributed by atoms with E-state index in [1.807, 2.05) is 0 Å². The van der Waals surface area contributed by atoms with E-state index in [2.05, 4.69) is 5.32 Å². The third kappa shape index (κ3) is 4.27. The first-order valence-electron chi connectivity index (χ1n) is 9.32. The number of urea groups is 1. The van der Waals surface area contributed by atoms with Crippen LogP contribution in [-0.4, -0.2) is 47.7 Å². The fraction of sp³-hybridized carbons (Fsp3) is 0.333. The summed E-state index contributed by atoms with van der Waals surface area (Å²) in [4.78, 5) is 28.1. The zero-order chi connectivity index (χ0) is 21.1. The van der Waals surface area contributed by atoms with Gasteiger partial charge in [-0.1, -0.05) is 67.6 Å². The Morgan fingerprint density at radius 3 is 1.93 bits per heavy atom. The summed E-state index contributed by atoms with van der Waals surface area (Å²) in [6.45, 7) is 0.231. The molecule has 1 aliphatic heterocycles. The molecule has 1 saturated heterocycles. The molecule has 0 atom stereocenters. The van der Waals surface area contributed by atoms with Crippen LogP contribution >= 0.6 is 0 Å². The molecule has 3 amide bonds. The molecule has 5 nitrogen and oxygen atoms in total. The molecule has 2 aromatic carbocycles. The highest BCUT2D eigenvalue weighted by molar-refractivity contribution is 6.09. The number of carbonyl (C=O) groups excluding carboxylic acids is 2. The summed E-state index contributed by atoms with van der Waals surface area (Å²) >= 11 is 0. The highest BCUT2D eigenvalue weighted by Crippen LogP contribution is 2.36. The molecule has 0 spiro atoms. The normalized spacial score (nSPS) is 16.4. The van der Waals surface area contributed by atoms with Crippen molar-refractivity contribution in [1.82, 2.24) is 15.1 Å². The maximum Gasteiger partial charge on any atom is 0.401 e. The number of imide groups is 1. The van der Waals surface area contributed by atoms with E-state index < -0.39 is 36.9 Å². The van der Waals surface area contributed by atoms with Crippen LogP contribution in [0.15, 0.2) is 60.7 Å². The van der Waals surface area contributed by atoms with Crippen LogP contribution < -0.4 is 5.32 Å². The third-order valence-corrected chi connectivity index (χ3v) is 4.80. The summed E-state index contributed by atoms with van der Waals surface area (Å²) in [5, 5.41) is 2.74. The van der Waals surface area contributed by atoms with Crippen LogP contribution in [0.5, 0.6) is 0 Å². The predicted molar refractivity (Wildman–Crippen MR) is 102 cm³/mol. The molecule has 0 saturated carbocycles. The number of halogens is 3. The monoisotopic (exact) mass is 405 g/mol. The van der Waals surface area contributed by atoms with Crippen LogP contribution in [0.1, 0.15) is 24.5 Å². The largest absolute Gasteiger partial charge is 0.401 e. The molecule has 29 heavy (non-hydrogen) atoms. The minimum Gasteiger partial charge on any atom is -0.315 e. The van der Waals surface area contributed by atoms with E-state index in [0.29, 0.717) is 17.5 Å². The number of benzene rings is 2. The van der Waals surface area contributed by atoms with Gasteiger partial charge in [0, 0.05) is 0 Å². The molecular formula is C21H22F3N3O2. The molecule has 0 bridgehead atoms. The Hall–Kier alpha value is -2.87. The van der Waals surface area contributed by atoms with Crippen molar-refractivity contribution in [2.75, 3.05) is 19.8 Å². The smallest absolute Gasteiger partial charge is 0.315 e. The molecule has 0 radical (unpaired) electrons. The van der Waals surface area contributed by atoms with Crippen LogP contribution in [0.3, 0.4) is 0 Å². The number of nitrogens with zero attached hydrogens (tertiary/aromatic N) is 2. The first-order chi connectivity index (χ1) is 13.8. The van der Waals surface area contributed by atoms with Crippen LogP contribution in [0, 0.1) is 0 Å². The zero-order valence-corrected chi connectivity index (χ0v) is 15.9. The summed E-state index contributed by atoms with van der Waals surface area (Å²) in [7, 11) is 0. The van der Waals surface area contributed by atoms with Crippen molar-refractivity contribution in [3.63, 3.8) is 0 Å². The van der Waals surface area contributed by atoms with Gasteiger partial charge in [0.1, 0.15) is 0 Å². The molecule has 3 rings (SSSR count). The number of carbonyl (C=O) groups is 2. The van der Waals surface area contributed by atoms with Crippen LogP contribution in [0.4, 0.5) is 18.0 Å². The number of rotatable bonds is 7. The minimum atomic E-state index is -4.43. The lowest BCUT2D eigenvalue weighted by Crippen LogP contribution is -2.47. The van der Waals surface area contributed by atoms with Gasteiger partial charge in [0.05, 0.1) is 13.2 Å². The molecule has 1 heterocycles. The first-order valence-corrected chi connectivity index (χ1v) is 9.32.